The molecule has 0 spiro atoms. The Morgan fingerprint density at radius 2 is 1.73 bits per heavy atom. The Labute approximate surface area is 181 Å². The van der Waals surface area contributed by atoms with Crippen LogP contribution >= 0.6 is 0 Å². The fourth-order valence-electron chi connectivity index (χ4n) is 3.35. The van der Waals surface area contributed by atoms with Crippen LogP contribution in [0.5, 0.6) is 5.75 Å². The molecule has 0 aliphatic carbocycles. The van der Waals surface area contributed by atoms with Gasteiger partial charge >= 0.3 is 0 Å². The lowest BCUT2D eigenvalue weighted by Crippen LogP contribution is -2.39. The Kier molecular flexibility index (Phi) is 10.4. The third-order valence-electron chi connectivity index (χ3n) is 4.96. The van der Waals surface area contributed by atoms with Crippen molar-refractivity contribution in [1.82, 2.24) is 10.6 Å². The number of hydrogen-bond donors (Lipinski definition) is 3. The summed E-state index contributed by atoms with van der Waals surface area (Å²) in [4.78, 5) is 12.6. The molecule has 0 radical (unpaired) electrons. The van der Waals surface area contributed by atoms with Gasteiger partial charge < -0.3 is 21.1 Å². The summed E-state index contributed by atoms with van der Waals surface area (Å²) >= 11 is 0. The number of ether oxygens (including phenoxy) is 1. The van der Waals surface area contributed by atoms with Crippen LogP contribution in [0.3, 0.4) is 0 Å². The predicted molar refractivity (Wildman–Crippen MR) is 124 cm³/mol. The zero-order valence-corrected chi connectivity index (χ0v) is 18.6. The molecule has 5 nitrogen and oxygen atoms in total. The lowest BCUT2D eigenvalue weighted by molar-refractivity contribution is -0.121. The van der Waals surface area contributed by atoms with Gasteiger partial charge in [-0.2, -0.15) is 0 Å². The average molecular weight is 412 g/mol. The van der Waals surface area contributed by atoms with E-state index < -0.39 is 0 Å². The zero-order chi connectivity index (χ0) is 21.8. The van der Waals surface area contributed by atoms with Crippen molar-refractivity contribution in [3.05, 3.63) is 65.7 Å². The SMILES string of the molecule is CCCC(C)COc1ccc(C(CNC[C@H](C)N)NC(=O)Cc2ccccc2)cc1. The van der Waals surface area contributed by atoms with Gasteiger partial charge in [0.15, 0.2) is 0 Å². The van der Waals surface area contributed by atoms with Gasteiger partial charge in [0, 0.05) is 19.1 Å². The third-order valence-corrected chi connectivity index (χ3v) is 4.96. The van der Waals surface area contributed by atoms with Crippen LogP contribution in [0.4, 0.5) is 0 Å². The molecule has 0 saturated heterocycles. The average Bonchev–Trinajstić information content (AvgIpc) is 2.72. The van der Waals surface area contributed by atoms with Gasteiger partial charge in [0.25, 0.3) is 0 Å². The number of nitrogens with one attached hydrogen (secondary N) is 2. The largest absolute Gasteiger partial charge is 0.493 e. The molecule has 30 heavy (non-hydrogen) atoms. The first-order valence-electron chi connectivity index (χ1n) is 11.0. The summed E-state index contributed by atoms with van der Waals surface area (Å²) in [6.45, 7) is 8.40. The predicted octanol–water partition coefficient (Wildman–Crippen LogP) is 3.84. The summed E-state index contributed by atoms with van der Waals surface area (Å²) in [7, 11) is 0. The molecule has 0 aromatic heterocycles. The normalized spacial score (nSPS) is 14.0. The minimum absolute atomic E-state index is 0.00233. The molecule has 2 aromatic carbocycles. The van der Waals surface area contributed by atoms with E-state index in [-0.39, 0.29) is 18.0 Å². The summed E-state index contributed by atoms with van der Waals surface area (Å²) in [5.41, 5.74) is 7.90. The molecule has 2 unspecified atom stereocenters. The summed E-state index contributed by atoms with van der Waals surface area (Å²) in [5, 5.41) is 6.51. The first-order chi connectivity index (χ1) is 14.5. The summed E-state index contributed by atoms with van der Waals surface area (Å²) in [5.74, 6) is 1.41. The minimum atomic E-state index is -0.131. The molecule has 0 heterocycles. The van der Waals surface area contributed by atoms with Gasteiger partial charge in [-0.15, -0.1) is 0 Å². The molecule has 2 rings (SSSR count). The fraction of sp³-hybridized carbons (Fsp3) is 0.480. The van der Waals surface area contributed by atoms with Crippen LogP contribution in [0.2, 0.25) is 0 Å². The van der Waals surface area contributed by atoms with Gasteiger partial charge in [0.2, 0.25) is 5.91 Å². The Hall–Kier alpha value is -2.37. The van der Waals surface area contributed by atoms with Crippen LogP contribution in [-0.4, -0.2) is 31.6 Å². The maximum Gasteiger partial charge on any atom is 0.224 e. The van der Waals surface area contributed by atoms with Crippen LogP contribution in [-0.2, 0) is 11.2 Å². The van der Waals surface area contributed by atoms with Crippen molar-refractivity contribution >= 4 is 5.91 Å². The lowest BCUT2D eigenvalue weighted by atomic mass is 10.1. The van der Waals surface area contributed by atoms with E-state index in [1.165, 1.54) is 12.8 Å². The highest BCUT2D eigenvalue weighted by atomic mass is 16.5. The van der Waals surface area contributed by atoms with E-state index in [2.05, 4.69) is 24.5 Å². The molecule has 0 fully saturated rings. The van der Waals surface area contributed by atoms with E-state index in [9.17, 15) is 4.79 Å². The Balaban J connectivity index is 1.99. The van der Waals surface area contributed by atoms with E-state index in [1.54, 1.807) is 0 Å². The number of hydrogen-bond acceptors (Lipinski definition) is 4. The van der Waals surface area contributed by atoms with Gasteiger partial charge in [-0.1, -0.05) is 62.7 Å². The molecule has 4 N–H and O–H groups in total. The van der Waals surface area contributed by atoms with E-state index in [1.807, 2.05) is 61.5 Å². The van der Waals surface area contributed by atoms with Gasteiger partial charge in [-0.3, -0.25) is 4.79 Å². The van der Waals surface area contributed by atoms with E-state index >= 15 is 0 Å². The number of nitrogens with two attached hydrogens (primary N) is 1. The number of benzene rings is 2. The second-order valence-electron chi connectivity index (χ2n) is 8.19. The molecule has 0 aliphatic heterocycles. The van der Waals surface area contributed by atoms with E-state index in [0.29, 0.717) is 25.4 Å². The highest BCUT2D eigenvalue weighted by Gasteiger charge is 2.15. The van der Waals surface area contributed by atoms with Crippen LogP contribution in [0.25, 0.3) is 0 Å². The fourth-order valence-corrected chi connectivity index (χ4v) is 3.35. The van der Waals surface area contributed by atoms with E-state index in [4.69, 9.17) is 10.5 Å². The van der Waals surface area contributed by atoms with Crippen LogP contribution < -0.4 is 21.1 Å². The summed E-state index contributed by atoms with van der Waals surface area (Å²) in [6, 6.07) is 17.7. The van der Waals surface area contributed by atoms with Crippen molar-refractivity contribution in [1.29, 1.82) is 0 Å². The monoisotopic (exact) mass is 411 g/mol. The Morgan fingerprint density at radius 3 is 2.37 bits per heavy atom. The van der Waals surface area contributed by atoms with Crippen molar-refractivity contribution in [2.24, 2.45) is 11.7 Å². The molecule has 3 atom stereocenters. The molecular formula is C25H37N3O2. The van der Waals surface area contributed by atoms with Crippen molar-refractivity contribution < 1.29 is 9.53 Å². The van der Waals surface area contributed by atoms with Crippen LogP contribution in [0.15, 0.2) is 54.6 Å². The maximum absolute atomic E-state index is 12.6. The minimum Gasteiger partial charge on any atom is -0.493 e. The smallest absolute Gasteiger partial charge is 0.224 e. The van der Waals surface area contributed by atoms with Crippen molar-refractivity contribution in [2.75, 3.05) is 19.7 Å². The van der Waals surface area contributed by atoms with Gasteiger partial charge in [-0.05, 0) is 42.5 Å². The first kappa shape index (κ1) is 23.9. The van der Waals surface area contributed by atoms with Crippen LogP contribution in [0, 0.1) is 5.92 Å². The molecule has 0 saturated carbocycles. The number of carbonyl (C=O) groups excluding carboxylic acids is 1. The zero-order valence-electron chi connectivity index (χ0n) is 18.6. The molecule has 0 aliphatic rings. The summed E-state index contributed by atoms with van der Waals surface area (Å²) in [6.07, 6.45) is 2.70. The van der Waals surface area contributed by atoms with Gasteiger partial charge in [-0.25, -0.2) is 0 Å². The van der Waals surface area contributed by atoms with E-state index in [0.717, 1.165) is 23.5 Å². The third kappa shape index (κ3) is 8.97. The second kappa shape index (κ2) is 13.0. The van der Waals surface area contributed by atoms with Gasteiger partial charge in [0.1, 0.15) is 5.75 Å². The highest BCUT2D eigenvalue weighted by Crippen LogP contribution is 2.19. The number of rotatable bonds is 13. The Bertz CT molecular complexity index is 732. The van der Waals surface area contributed by atoms with Crippen molar-refractivity contribution in [3.63, 3.8) is 0 Å². The molecule has 1 amide bonds. The molecule has 0 bridgehead atoms. The van der Waals surface area contributed by atoms with Crippen LogP contribution in [0.1, 0.15) is 50.8 Å². The van der Waals surface area contributed by atoms with Crippen molar-refractivity contribution in [2.45, 2.75) is 52.1 Å². The Morgan fingerprint density at radius 1 is 1.03 bits per heavy atom. The topological polar surface area (TPSA) is 76.4 Å². The quantitative estimate of drug-likeness (QED) is 0.468. The standard InChI is InChI=1S/C25H37N3O2/c1-4-8-19(2)18-30-23-13-11-22(12-14-23)24(17-27-16-20(3)26)28-25(29)15-21-9-6-5-7-10-21/h5-7,9-14,19-20,24,27H,4,8,15-18,26H2,1-3H3,(H,28,29)/t19?,20-,24?/m0/s1. The molecule has 164 valence electrons. The second-order valence-corrected chi connectivity index (χ2v) is 8.19. The first-order valence-corrected chi connectivity index (χ1v) is 11.0. The number of amides is 1. The molecule has 2 aromatic rings. The molecular weight excluding hydrogens is 374 g/mol. The number of carbonyl (C=O) groups is 1. The van der Waals surface area contributed by atoms with Crippen molar-refractivity contribution in [3.8, 4) is 5.75 Å². The highest BCUT2D eigenvalue weighted by molar-refractivity contribution is 5.79. The summed E-state index contributed by atoms with van der Waals surface area (Å²) < 4.78 is 5.91. The maximum atomic E-state index is 12.6. The lowest BCUT2D eigenvalue weighted by Gasteiger charge is -2.21. The molecule has 5 heteroatoms. The van der Waals surface area contributed by atoms with Gasteiger partial charge in [0.05, 0.1) is 19.1 Å².